The molecule has 0 fully saturated rings. The Balaban J connectivity index is 0.000000191. The van der Waals surface area contributed by atoms with Crippen LogP contribution >= 0.6 is 33.0 Å². The van der Waals surface area contributed by atoms with Gasteiger partial charge in [-0.3, -0.25) is 0 Å². The van der Waals surface area contributed by atoms with Gasteiger partial charge in [-0.15, -0.1) is 68.5 Å². The Kier molecular flexibility index (Phi) is 10.5. The number of thiol groups is 1. The standard InChI is InChI=1S/C9H6Br.C9H7.2ClH.H2S.Zr/c10-9-6-2-4-7-3-1-5-8(7)9;1-2-5-9-7-3-6-8(9)4-1;;;;/h1-6H;1-7H;2*1H;1H2;/q2*-1;;;;+2/p-3. The fourth-order valence-electron chi connectivity index (χ4n) is 2.19. The summed E-state index contributed by atoms with van der Waals surface area (Å²) in [6.45, 7) is 0. The number of rotatable bonds is 0. The Morgan fingerprint density at radius 1 is 0.783 bits per heavy atom. The Morgan fingerprint density at radius 3 is 2.09 bits per heavy atom. The summed E-state index contributed by atoms with van der Waals surface area (Å²) in [5.74, 6) is 0. The van der Waals surface area contributed by atoms with Crippen LogP contribution in [0, 0.1) is 0 Å². The molecule has 0 radical (unpaired) electrons. The Bertz CT molecular complexity index is 796. The van der Waals surface area contributed by atoms with Crippen LogP contribution in [0.25, 0.3) is 21.5 Å². The maximum atomic E-state index is 4.93. The molecule has 0 spiro atoms. The Morgan fingerprint density at radius 2 is 1.39 bits per heavy atom. The van der Waals surface area contributed by atoms with E-state index < -0.39 is 20.8 Å². The zero-order valence-corrected chi connectivity index (χ0v) is 18.5. The van der Waals surface area contributed by atoms with Gasteiger partial charge in [0.15, 0.2) is 0 Å². The van der Waals surface area contributed by atoms with Gasteiger partial charge in [0.1, 0.15) is 0 Å². The number of halogens is 3. The van der Waals surface area contributed by atoms with Crippen molar-refractivity contribution < 1.29 is 20.8 Å². The molecule has 23 heavy (non-hydrogen) atoms. The van der Waals surface area contributed by atoms with Crippen molar-refractivity contribution in [2.75, 3.05) is 0 Å². The van der Waals surface area contributed by atoms with E-state index in [1.165, 1.54) is 26.0 Å². The minimum atomic E-state index is -0.826. The summed E-state index contributed by atoms with van der Waals surface area (Å²) >= 11 is 2.65. The predicted molar refractivity (Wildman–Crippen MR) is 107 cm³/mol. The molecular formula is C18H14BrCl2SZr-3. The van der Waals surface area contributed by atoms with Crippen molar-refractivity contribution in [1.29, 1.82) is 0 Å². The first-order valence-electron chi connectivity index (χ1n) is 6.63. The van der Waals surface area contributed by atoms with Crippen molar-refractivity contribution >= 4 is 68.0 Å². The van der Waals surface area contributed by atoms with Crippen LogP contribution in [0.1, 0.15) is 0 Å². The van der Waals surface area contributed by atoms with Crippen LogP contribution in [0.5, 0.6) is 0 Å². The fourth-order valence-corrected chi connectivity index (χ4v) is 2.71. The van der Waals surface area contributed by atoms with Crippen LogP contribution in [0.3, 0.4) is 0 Å². The zero-order valence-electron chi connectivity index (χ0n) is 12.1. The normalized spacial score (nSPS) is 9.17. The minimum absolute atomic E-state index is 0. The average molecular weight is 504 g/mol. The summed E-state index contributed by atoms with van der Waals surface area (Å²) in [6, 6.07) is 27.2. The molecule has 4 aromatic rings. The summed E-state index contributed by atoms with van der Waals surface area (Å²) < 4.78 is 1.18. The van der Waals surface area contributed by atoms with Crippen LogP contribution in [0.2, 0.25) is 0 Å². The summed E-state index contributed by atoms with van der Waals surface area (Å²) in [6.07, 6.45) is 0. The van der Waals surface area contributed by atoms with Gasteiger partial charge in [0.05, 0.1) is 0 Å². The third-order valence-corrected chi connectivity index (χ3v) is 3.86. The molecule has 4 aromatic carbocycles. The molecule has 0 bridgehead atoms. The third kappa shape index (κ3) is 6.40. The number of benzene rings is 2. The third-order valence-electron chi connectivity index (χ3n) is 3.17. The monoisotopic (exact) mass is 501 g/mol. The smallest absolute Gasteiger partial charge is 0.0809 e. The molecule has 120 valence electrons. The van der Waals surface area contributed by atoms with Gasteiger partial charge in [-0.1, -0.05) is 22.7 Å². The quantitative estimate of drug-likeness (QED) is 0.141. The summed E-state index contributed by atoms with van der Waals surface area (Å²) in [4.78, 5) is 0. The second kappa shape index (κ2) is 11.5. The summed E-state index contributed by atoms with van der Waals surface area (Å²) in [5.41, 5.74) is 0. The molecule has 0 aliphatic rings. The van der Waals surface area contributed by atoms with Crippen molar-refractivity contribution in [3.05, 3.63) is 83.3 Å². The van der Waals surface area contributed by atoms with Gasteiger partial charge < -0.3 is 13.5 Å². The van der Waals surface area contributed by atoms with E-state index in [-0.39, 0.29) is 13.5 Å². The fraction of sp³-hybridized carbons (Fsp3) is 0. The van der Waals surface area contributed by atoms with Crippen LogP contribution in [-0.4, -0.2) is 0 Å². The van der Waals surface area contributed by atoms with Gasteiger partial charge in [0, 0.05) is 0 Å². The first-order valence-corrected chi connectivity index (χ1v) is 13.7. The first kappa shape index (κ1) is 21.0. The molecule has 0 nitrogen and oxygen atoms in total. The minimum Gasteiger partial charge on any atom is -0.813 e. The van der Waals surface area contributed by atoms with Crippen LogP contribution in [0.15, 0.2) is 83.3 Å². The van der Waals surface area contributed by atoms with Gasteiger partial charge in [-0.2, -0.15) is 29.7 Å². The van der Waals surface area contributed by atoms with E-state index in [1.807, 2.05) is 6.07 Å². The average Bonchev–Trinajstić information content (AvgIpc) is 3.18. The molecule has 0 aromatic heterocycles. The molecular weight excluding hydrogens is 490 g/mol. The van der Waals surface area contributed by atoms with Gasteiger partial charge in [0.2, 0.25) is 0 Å². The summed E-state index contributed by atoms with van der Waals surface area (Å²) in [5, 5.41) is 5.26. The van der Waals surface area contributed by atoms with Crippen molar-refractivity contribution in [2.24, 2.45) is 0 Å². The van der Waals surface area contributed by atoms with Gasteiger partial charge >= 0.3 is 37.9 Å². The van der Waals surface area contributed by atoms with E-state index in [9.17, 15) is 0 Å². The molecule has 0 atom stereocenters. The predicted octanol–water partition coefficient (Wildman–Crippen LogP) is 6.99. The van der Waals surface area contributed by atoms with E-state index in [0.717, 1.165) is 0 Å². The van der Waals surface area contributed by atoms with Crippen molar-refractivity contribution in [1.82, 2.24) is 0 Å². The topological polar surface area (TPSA) is 0 Å². The van der Waals surface area contributed by atoms with Gasteiger partial charge in [0.25, 0.3) is 0 Å². The molecule has 0 unspecified atom stereocenters. The van der Waals surface area contributed by atoms with E-state index in [2.05, 4.69) is 88.7 Å². The van der Waals surface area contributed by atoms with E-state index in [4.69, 9.17) is 17.0 Å². The zero-order chi connectivity index (χ0) is 15.8. The second-order valence-corrected chi connectivity index (χ2v) is 9.08. The molecule has 0 N–H and O–H groups in total. The second-order valence-electron chi connectivity index (χ2n) is 4.49. The largest absolute Gasteiger partial charge is 0.813 e. The van der Waals surface area contributed by atoms with E-state index in [0.29, 0.717) is 0 Å². The maximum Gasteiger partial charge on any atom is -0.0809 e. The SMILES string of the molecule is Brc1cccc2cc[cH-]c12.[Cl][Zr][Cl].[SH-].c1ccc2[cH-]ccc2c1. The molecule has 0 saturated heterocycles. The molecule has 0 amide bonds. The number of fused-ring (bicyclic) bond motifs is 2. The first-order chi connectivity index (χ1) is 10.8. The van der Waals surface area contributed by atoms with E-state index >= 15 is 0 Å². The van der Waals surface area contributed by atoms with Gasteiger partial charge in [-0.25, -0.2) is 0 Å². The van der Waals surface area contributed by atoms with Gasteiger partial charge in [-0.05, 0) is 0 Å². The van der Waals surface area contributed by atoms with Crippen molar-refractivity contribution in [3.63, 3.8) is 0 Å². The maximum absolute atomic E-state index is 4.93. The summed E-state index contributed by atoms with van der Waals surface area (Å²) in [7, 11) is 9.87. The number of hydrogen-bond donors (Lipinski definition) is 0. The molecule has 0 aliphatic carbocycles. The molecule has 0 saturated carbocycles. The Labute approximate surface area is 170 Å². The van der Waals surface area contributed by atoms with Crippen molar-refractivity contribution in [3.8, 4) is 0 Å². The van der Waals surface area contributed by atoms with Crippen molar-refractivity contribution in [2.45, 2.75) is 0 Å². The van der Waals surface area contributed by atoms with Crippen LogP contribution in [-0.2, 0) is 34.3 Å². The van der Waals surface area contributed by atoms with Crippen LogP contribution in [0.4, 0.5) is 0 Å². The molecule has 4 rings (SSSR count). The van der Waals surface area contributed by atoms with Crippen LogP contribution < -0.4 is 0 Å². The molecule has 0 heterocycles. The number of hydrogen-bond acceptors (Lipinski definition) is 1. The molecule has 0 aliphatic heterocycles. The molecule has 5 heteroatoms. The van der Waals surface area contributed by atoms with E-state index in [1.54, 1.807) is 0 Å². The Hall–Kier alpha value is -0.0469.